The predicted molar refractivity (Wildman–Crippen MR) is 145 cm³/mol. The number of non-ortho nitro benzene ring substituents is 1. The van der Waals surface area contributed by atoms with E-state index in [0.717, 1.165) is 6.07 Å². The lowest BCUT2D eigenvalue weighted by Crippen LogP contribution is -2.20. The van der Waals surface area contributed by atoms with Crippen molar-refractivity contribution >= 4 is 49.6 Å². The smallest absolute Gasteiger partial charge is 0.270 e. The van der Waals surface area contributed by atoms with Gasteiger partial charge in [0.05, 0.1) is 26.0 Å². The van der Waals surface area contributed by atoms with Crippen LogP contribution in [0.4, 0.5) is 11.4 Å². The molecule has 0 atom stereocenters. The standard InChI is InChI=1S/C29H17N3O7S/c33-27-21-6-1-2-7-22(21)28(34)26-25(27)23-15-20(12-13-24(23)31-26)40(38,39)19-10-8-17(9-11-19)30-29(35)16-4-3-5-18(14-16)32(36)37/h1-15,31H,(H,30,35). The molecule has 2 N–H and O–H groups in total. The number of nitrogens with one attached hydrogen (secondary N) is 2. The second-order valence-corrected chi connectivity index (χ2v) is 11.0. The summed E-state index contributed by atoms with van der Waals surface area (Å²) in [6, 6.07) is 21.4. The average Bonchev–Trinajstić information content (AvgIpc) is 3.36. The Morgan fingerprint density at radius 3 is 2.17 bits per heavy atom. The van der Waals surface area contributed by atoms with Crippen molar-refractivity contribution in [2.75, 3.05) is 5.32 Å². The number of sulfone groups is 1. The van der Waals surface area contributed by atoms with Crippen molar-refractivity contribution < 1.29 is 27.7 Å². The average molecular weight is 552 g/mol. The van der Waals surface area contributed by atoms with E-state index in [1.807, 2.05) is 0 Å². The molecule has 0 aliphatic heterocycles. The topological polar surface area (TPSA) is 156 Å². The van der Waals surface area contributed by atoms with Crippen LogP contribution in [-0.2, 0) is 9.84 Å². The van der Waals surface area contributed by atoms with Crippen LogP contribution in [0.5, 0.6) is 0 Å². The van der Waals surface area contributed by atoms with E-state index in [0.29, 0.717) is 10.9 Å². The van der Waals surface area contributed by atoms with Crippen LogP contribution in [-0.4, -0.2) is 35.8 Å². The number of amides is 1. The first-order valence-electron chi connectivity index (χ1n) is 11.9. The molecule has 0 saturated heterocycles. The van der Waals surface area contributed by atoms with Gasteiger partial charge < -0.3 is 10.3 Å². The fraction of sp³-hybridized carbons (Fsp3) is 0. The molecule has 0 unspecified atom stereocenters. The Labute approximate surface area is 226 Å². The van der Waals surface area contributed by atoms with Crippen LogP contribution in [0.3, 0.4) is 0 Å². The van der Waals surface area contributed by atoms with Crippen molar-refractivity contribution in [1.82, 2.24) is 4.98 Å². The summed E-state index contributed by atoms with van der Waals surface area (Å²) < 4.78 is 26.9. The molecule has 6 rings (SSSR count). The molecule has 0 spiro atoms. The van der Waals surface area contributed by atoms with E-state index in [1.54, 1.807) is 24.3 Å². The summed E-state index contributed by atoms with van der Waals surface area (Å²) in [4.78, 5) is 52.0. The summed E-state index contributed by atoms with van der Waals surface area (Å²) in [6.07, 6.45) is 0. The van der Waals surface area contributed by atoms with Gasteiger partial charge in [-0.1, -0.05) is 30.3 Å². The first-order valence-corrected chi connectivity index (χ1v) is 13.4. The van der Waals surface area contributed by atoms with Crippen LogP contribution in [0, 0.1) is 10.1 Å². The molecule has 1 aromatic heterocycles. The molecule has 0 fully saturated rings. The molecule has 40 heavy (non-hydrogen) atoms. The van der Waals surface area contributed by atoms with Crippen molar-refractivity contribution in [2.45, 2.75) is 9.79 Å². The van der Waals surface area contributed by atoms with Crippen LogP contribution in [0.25, 0.3) is 10.9 Å². The number of hydrogen-bond donors (Lipinski definition) is 2. The molecular formula is C29H17N3O7S. The third-order valence-electron chi connectivity index (χ3n) is 6.69. The summed E-state index contributed by atoms with van der Waals surface area (Å²) in [5.41, 5.74) is 1.39. The second-order valence-electron chi connectivity index (χ2n) is 9.08. The normalized spacial score (nSPS) is 12.6. The summed E-state index contributed by atoms with van der Waals surface area (Å²) in [5.74, 6) is -1.30. The third-order valence-corrected chi connectivity index (χ3v) is 8.46. The van der Waals surface area contributed by atoms with Crippen molar-refractivity contribution in [2.24, 2.45) is 0 Å². The number of aromatic amines is 1. The second kappa shape index (κ2) is 9.10. The number of benzene rings is 4. The maximum absolute atomic E-state index is 13.5. The van der Waals surface area contributed by atoms with Gasteiger partial charge >= 0.3 is 0 Å². The molecule has 10 nitrogen and oxygen atoms in total. The predicted octanol–water partition coefficient (Wildman–Crippen LogP) is 4.94. The first-order chi connectivity index (χ1) is 19.1. The Balaban J connectivity index is 1.30. The van der Waals surface area contributed by atoms with E-state index in [9.17, 15) is 32.9 Å². The molecule has 5 aromatic rings. The van der Waals surface area contributed by atoms with Gasteiger partial charge in [0.1, 0.15) is 0 Å². The molecule has 1 heterocycles. The van der Waals surface area contributed by atoms with Gasteiger partial charge in [-0.3, -0.25) is 24.5 Å². The van der Waals surface area contributed by atoms with Crippen molar-refractivity contribution in [3.8, 4) is 0 Å². The number of fused-ring (bicyclic) bond motifs is 4. The molecule has 1 amide bonds. The number of ketones is 2. The maximum Gasteiger partial charge on any atom is 0.270 e. The maximum atomic E-state index is 13.5. The van der Waals surface area contributed by atoms with Crippen molar-refractivity contribution in [3.63, 3.8) is 0 Å². The summed E-state index contributed by atoms with van der Waals surface area (Å²) in [7, 11) is -4.04. The van der Waals surface area contributed by atoms with Gasteiger partial charge in [0, 0.05) is 45.4 Å². The largest absolute Gasteiger partial charge is 0.351 e. The summed E-state index contributed by atoms with van der Waals surface area (Å²) >= 11 is 0. The van der Waals surface area contributed by atoms with Gasteiger partial charge in [-0.15, -0.1) is 0 Å². The number of hydrogen-bond acceptors (Lipinski definition) is 7. The lowest BCUT2D eigenvalue weighted by atomic mass is 9.87. The highest BCUT2D eigenvalue weighted by molar-refractivity contribution is 7.91. The van der Waals surface area contributed by atoms with E-state index in [4.69, 9.17) is 0 Å². The Bertz CT molecular complexity index is 2030. The van der Waals surface area contributed by atoms with Gasteiger partial charge in [-0.25, -0.2) is 8.42 Å². The highest BCUT2D eigenvalue weighted by atomic mass is 32.2. The number of carbonyl (C=O) groups is 3. The number of carbonyl (C=O) groups excluding carboxylic acids is 3. The number of H-pyrrole nitrogens is 1. The number of anilines is 1. The van der Waals surface area contributed by atoms with Gasteiger partial charge in [0.15, 0.2) is 5.78 Å². The minimum atomic E-state index is -4.04. The molecule has 1 aliphatic carbocycles. The van der Waals surface area contributed by atoms with Gasteiger partial charge in [-0.2, -0.15) is 0 Å². The van der Waals surface area contributed by atoms with Gasteiger partial charge in [-0.05, 0) is 48.5 Å². The molecule has 196 valence electrons. The van der Waals surface area contributed by atoms with Crippen LogP contribution in [0.1, 0.15) is 42.3 Å². The zero-order valence-corrected chi connectivity index (χ0v) is 21.2. The zero-order valence-electron chi connectivity index (χ0n) is 20.4. The van der Waals surface area contributed by atoms with Crippen LogP contribution in [0.2, 0.25) is 0 Å². The summed E-state index contributed by atoms with van der Waals surface area (Å²) in [6.45, 7) is 0. The number of aromatic nitrogens is 1. The SMILES string of the molecule is O=C(Nc1ccc(S(=O)(=O)c2ccc3[nH]c4c(c3c2)C(=O)c2ccccc2C4=O)cc1)c1cccc([N+](=O)[O-])c1. The summed E-state index contributed by atoms with van der Waals surface area (Å²) in [5, 5.41) is 13.9. The van der Waals surface area contributed by atoms with Gasteiger partial charge in [0.2, 0.25) is 15.6 Å². The Morgan fingerprint density at radius 1 is 0.800 bits per heavy atom. The number of nitro benzene ring substituents is 1. The molecular weight excluding hydrogens is 534 g/mol. The quantitative estimate of drug-likeness (QED) is 0.227. The number of nitrogens with zero attached hydrogens (tertiary/aromatic N) is 1. The van der Waals surface area contributed by atoms with E-state index in [1.165, 1.54) is 60.7 Å². The molecule has 0 saturated carbocycles. The molecule has 0 bridgehead atoms. The minimum Gasteiger partial charge on any atom is -0.351 e. The minimum absolute atomic E-state index is 0.0580. The van der Waals surface area contributed by atoms with Crippen molar-refractivity contribution in [1.29, 1.82) is 0 Å². The molecule has 0 radical (unpaired) electrons. The van der Waals surface area contributed by atoms with Gasteiger partial charge in [0.25, 0.3) is 11.6 Å². The first kappa shape index (κ1) is 24.9. The van der Waals surface area contributed by atoms with E-state index in [-0.39, 0.29) is 60.7 Å². The van der Waals surface area contributed by atoms with E-state index < -0.39 is 20.7 Å². The highest BCUT2D eigenvalue weighted by Gasteiger charge is 2.33. The number of rotatable bonds is 5. The number of nitro groups is 1. The third kappa shape index (κ3) is 3.96. The lowest BCUT2D eigenvalue weighted by molar-refractivity contribution is -0.384. The highest BCUT2D eigenvalue weighted by Crippen LogP contribution is 2.34. The molecule has 11 heteroatoms. The van der Waals surface area contributed by atoms with E-state index >= 15 is 0 Å². The Morgan fingerprint density at radius 2 is 1.48 bits per heavy atom. The monoisotopic (exact) mass is 551 g/mol. The molecule has 1 aliphatic rings. The fourth-order valence-electron chi connectivity index (χ4n) is 4.71. The fourth-order valence-corrected chi connectivity index (χ4v) is 6.00. The van der Waals surface area contributed by atoms with Crippen LogP contribution < -0.4 is 5.32 Å². The van der Waals surface area contributed by atoms with Crippen molar-refractivity contribution in [3.05, 3.63) is 129 Å². The van der Waals surface area contributed by atoms with E-state index in [2.05, 4.69) is 10.3 Å². The lowest BCUT2D eigenvalue weighted by Gasteiger charge is -2.14. The van der Waals surface area contributed by atoms with Crippen LogP contribution >= 0.6 is 0 Å². The Hall–Kier alpha value is -5.42. The zero-order chi connectivity index (χ0) is 28.2. The molecule has 4 aromatic carbocycles. The van der Waals surface area contributed by atoms with Crippen LogP contribution in [0.15, 0.2) is 101 Å². The Kier molecular flexibility index (Phi) is 5.66.